The van der Waals surface area contributed by atoms with Crippen LogP contribution >= 0.6 is 11.3 Å². The van der Waals surface area contributed by atoms with Crippen LogP contribution in [0.5, 0.6) is 0 Å². The molecule has 26 heavy (non-hydrogen) atoms. The molecule has 3 rings (SSSR count). The first-order valence-electron chi connectivity index (χ1n) is 10.5. The second kappa shape index (κ2) is 10.3. The molecule has 0 saturated carbocycles. The molecule has 0 radical (unpaired) electrons. The highest BCUT2D eigenvalue weighted by molar-refractivity contribution is 7.11. The van der Waals surface area contributed by atoms with E-state index in [1.165, 1.54) is 55.8 Å². The van der Waals surface area contributed by atoms with E-state index >= 15 is 0 Å². The molecule has 0 spiro atoms. The molecule has 5 nitrogen and oxygen atoms in total. The number of fused-ring (bicyclic) bond motifs is 1. The van der Waals surface area contributed by atoms with E-state index in [9.17, 15) is 0 Å². The van der Waals surface area contributed by atoms with E-state index in [2.05, 4.69) is 29.4 Å². The third-order valence-electron chi connectivity index (χ3n) is 5.46. The Kier molecular flexibility index (Phi) is 7.74. The number of aromatic nitrogens is 1. The maximum absolute atomic E-state index is 4.85. The van der Waals surface area contributed by atoms with Crippen molar-refractivity contribution in [2.75, 3.05) is 32.7 Å². The molecule has 6 heteroatoms. The lowest BCUT2D eigenvalue weighted by Crippen LogP contribution is -2.39. The van der Waals surface area contributed by atoms with E-state index in [1.807, 2.05) is 11.3 Å². The SMILES string of the molecule is CCNC(=NCC1CCCN1CC)NCCCc1nc2c(s1)CCCC2. The molecule has 1 saturated heterocycles. The fraction of sp³-hybridized carbons (Fsp3) is 0.800. The third-order valence-corrected chi connectivity index (χ3v) is 6.68. The topological polar surface area (TPSA) is 52.6 Å². The fourth-order valence-corrected chi connectivity index (χ4v) is 5.21. The minimum Gasteiger partial charge on any atom is -0.357 e. The second-order valence-electron chi connectivity index (χ2n) is 7.36. The number of thiazole rings is 1. The van der Waals surface area contributed by atoms with Crippen LogP contribution in [0.1, 0.15) is 61.5 Å². The number of aryl methyl sites for hydroxylation is 3. The van der Waals surface area contributed by atoms with Crippen LogP contribution in [0.25, 0.3) is 0 Å². The van der Waals surface area contributed by atoms with Crippen molar-refractivity contribution < 1.29 is 0 Å². The largest absolute Gasteiger partial charge is 0.357 e. The molecule has 2 aliphatic rings. The van der Waals surface area contributed by atoms with Crippen molar-refractivity contribution in [3.8, 4) is 0 Å². The summed E-state index contributed by atoms with van der Waals surface area (Å²) >= 11 is 1.94. The number of nitrogens with zero attached hydrogens (tertiary/aromatic N) is 3. The first kappa shape index (κ1) is 19.6. The highest BCUT2D eigenvalue weighted by Crippen LogP contribution is 2.27. The van der Waals surface area contributed by atoms with Gasteiger partial charge in [-0.15, -0.1) is 11.3 Å². The van der Waals surface area contributed by atoms with E-state index in [4.69, 9.17) is 9.98 Å². The smallest absolute Gasteiger partial charge is 0.191 e. The zero-order valence-corrected chi connectivity index (χ0v) is 17.3. The summed E-state index contributed by atoms with van der Waals surface area (Å²) in [7, 11) is 0. The van der Waals surface area contributed by atoms with Gasteiger partial charge in [0.25, 0.3) is 0 Å². The number of hydrogen-bond donors (Lipinski definition) is 2. The maximum atomic E-state index is 4.85. The van der Waals surface area contributed by atoms with Crippen molar-refractivity contribution in [3.05, 3.63) is 15.6 Å². The van der Waals surface area contributed by atoms with Gasteiger partial charge in [0.05, 0.1) is 17.2 Å². The molecular formula is C20H35N5S. The molecule has 0 aromatic carbocycles. The zero-order valence-electron chi connectivity index (χ0n) is 16.5. The predicted octanol–water partition coefficient (Wildman–Crippen LogP) is 2.99. The van der Waals surface area contributed by atoms with Gasteiger partial charge in [0.1, 0.15) is 0 Å². The fourth-order valence-electron chi connectivity index (χ4n) is 4.02. The van der Waals surface area contributed by atoms with Gasteiger partial charge in [-0.1, -0.05) is 6.92 Å². The molecule has 2 N–H and O–H groups in total. The lowest BCUT2D eigenvalue weighted by atomic mass is 10.0. The summed E-state index contributed by atoms with van der Waals surface area (Å²) in [4.78, 5) is 13.8. The van der Waals surface area contributed by atoms with Crippen molar-refractivity contribution in [2.24, 2.45) is 4.99 Å². The van der Waals surface area contributed by atoms with Crippen LogP contribution in [0, 0.1) is 0 Å². The van der Waals surface area contributed by atoms with Crippen molar-refractivity contribution >= 4 is 17.3 Å². The Hall–Kier alpha value is -1.14. The van der Waals surface area contributed by atoms with Gasteiger partial charge in [-0.05, 0) is 65.0 Å². The second-order valence-corrected chi connectivity index (χ2v) is 8.53. The predicted molar refractivity (Wildman–Crippen MR) is 111 cm³/mol. The Balaban J connectivity index is 1.41. The van der Waals surface area contributed by atoms with Gasteiger partial charge < -0.3 is 10.6 Å². The Morgan fingerprint density at radius 2 is 2.12 bits per heavy atom. The standard InChI is InChI=1S/C20H35N5S/c1-3-21-20(23-15-16-9-8-14-25(16)4-2)22-13-7-12-19-24-17-10-5-6-11-18(17)26-19/h16H,3-15H2,1-2H3,(H2,21,22,23). The number of aliphatic imine (C=N–C) groups is 1. The molecule has 1 fully saturated rings. The van der Waals surface area contributed by atoms with E-state index in [0.29, 0.717) is 6.04 Å². The number of hydrogen-bond acceptors (Lipinski definition) is 4. The summed E-state index contributed by atoms with van der Waals surface area (Å²) in [5.74, 6) is 0.967. The summed E-state index contributed by atoms with van der Waals surface area (Å²) in [6.07, 6.45) is 9.89. The van der Waals surface area contributed by atoms with Crippen LogP contribution in [0.4, 0.5) is 0 Å². The van der Waals surface area contributed by atoms with Crippen LogP contribution in [-0.2, 0) is 19.3 Å². The molecule has 2 heterocycles. The van der Waals surface area contributed by atoms with Crippen LogP contribution in [0.2, 0.25) is 0 Å². The van der Waals surface area contributed by atoms with Crippen LogP contribution < -0.4 is 10.6 Å². The van der Waals surface area contributed by atoms with Gasteiger partial charge in [0.15, 0.2) is 5.96 Å². The molecule has 0 amide bonds. The van der Waals surface area contributed by atoms with Gasteiger partial charge >= 0.3 is 0 Å². The first-order chi connectivity index (χ1) is 12.8. The third kappa shape index (κ3) is 5.43. The molecule has 1 aliphatic heterocycles. The highest BCUT2D eigenvalue weighted by Gasteiger charge is 2.22. The van der Waals surface area contributed by atoms with Gasteiger partial charge in [0, 0.05) is 30.4 Å². The maximum Gasteiger partial charge on any atom is 0.191 e. The van der Waals surface area contributed by atoms with Crippen LogP contribution in [-0.4, -0.2) is 54.6 Å². The normalized spacial score (nSPS) is 21.0. The summed E-state index contributed by atoms with van der Waals surface area (Å²) in [5, 5.41) is 8.22. The molecular weight excluding hydrogens is 342 g/mol. The highest BCUT2D eigenvalue weighted by atomic mass is 32.1. The van der Waals surface area contributed by atoms with Gasteiger partial charge in [0.2, 0.25) is 0 Å². The van der Waals surface area contributed by atoms with Crippen molar-refractivity contribution in [1.82, 2.24) is 20.5 Å². The molecule has 1 aromatic rings. The average molecular weight is 378 g/mol. The van der Waals surface area contributed by atoms with Crippen molar-refractivity contribution in [1.29, 1.82) is 0 Å². The molecule has 1 unspecified atom stereocenters. The van der Waals surface area contributed by atoms with Gasteiger partial charge in [-0.25, -0.2) is 4.98 Å². The molecule has 1 atom stereocenters. The van der Waals surface area contributed by atoms with Crippen molar-refractivity contribution in [2.45, 2.75) is 71.3 Å². The monoisotopic (exact) mass is 377 g/mol. The lowest BCUT2D eigenvalue weighted by Gasteiger charge is -2.21. The Bertz CT molecular complexity index is 559. The number of rotatable bonds is 8. The molecule has 1 aromatic heterocycles. The minimum atomic E-state index is 0.622. The van der Waals surface area contributed by atoms with Gasteiger partial charge in [-0.2, -0.15) is 0 Å². The lowest BCUT2D eigenvalue weighted by molar-refractivity contribution is 0.273. The van der Waals surface area contributed by atoms with E-state index in [-0.39, 0.29) is 0 Å². The molecule has 146 valence electrons. The Morgan fingerprint density at radius 1 is 1.23 bits per heavy atom. The number of likely N-dealkylation sites (N-methyl/N-ethyl adjacent to an activating group) is 1. The van der Waals surface area contributed by atoms with Crippen LogP contribution in [0.15, 0.2) is 4.99 Å². The molecule has 1 aliphatic carbocycles. The number of guanidine groups is 1. The number of likely N-dealkylation sites (tertiary alicyclic amines) is 1. The summed E-state index contributed by atoms with van der Waals surface area (Å²) in [6, 6.07) is 0.622. The quantitative estimate of drug-likeness (QED) is 0.415. The number of nitrogens with one attached hydrogen (secondary N) is 2. The molecule has 0 bridgehead atoms. The zero-order chi connectivity index (χ0) is 18.2. The van der Waals surface area contributed by atoms with E-state index in [0.717, 1.165) is 45.0 Å². The summed E-state index contributed by atoms with van der Waals surface area (Å²) in [6.45, 7) is 9.53. The van der Waals surface area contributed by atoms with Crippen molar-refractivity contribution in [3.63, 3.8) is 0 Å². The Labute approximate surface area is 162 Å². The Morgan fingerprint density at radius 3 is 2.92 bits per heavy atom. The first-order valence-corrected chi connectivity index (χ1v) is 11.4. The summed E-state index contributed by atoms with van der Waals surface area (Å²) < 4.78 is 0. The van der Waals surface area contributed by atoms with Gasteiger partial charge in [-0.3, -0.25) is 9.89 Å². The minimum absolute atomic E-state index is 0.622. The van der Waals surface area contributed by atoms with Crippen LogP contribution in [0.3, 0.4) is 0 Å². The van der Waals surface area contributed by atoms with E-state index in [1.54, 1.807) is 4.88 Å². The van der Waals surface area contributed by atoms with E-state index < -0.39 is 0 Å². The average Bonchev–Trinajstić information content (AvgIpc) is 3.28. The summed E-state index contributed by atoms with van der Waals surface area (Å²) in [5.41, 5.74) is 1.39.